The first kappa shape index (κ1) is 18.7. The van der Waals surface area contributed by atoms with E-state index in [0.29, 0.717) is 43.6 Å². The molecule has 0 fully saturated rings. The minimum absolute atomic E-state index is 0.105. The van der Waals surface area contributed by atoms with Crippen molar-refractivity contribution in [1.29, 1.82) is 0 Å². The van der Waals surface area contributed by atoms with Crippen molar-refractivity contribution in [3.63, 3.8) is 0 Å². The molecule has 2 aromatic carbocycles. The van der Waals surface area contributed by atoms with Gasteiger partial charge in [-0.3, -0.25) is 4.79 Å². The monoisotopic (exact) mass is 412 g/mol. The molecule has 3 aromatic rings. The fourth-order valence-electron chi connectivity index (χ4n) is 2.21. The molecular weight excluding hydrogens is 399 g/mol. The normalized spacial score (nSPS) is 10.8. The van der Waals surface area contributed by atoms with Crippen molar-refractivity contribution >= 4 is 57.7 Å². The second-order valence-electron chi connectivity index (χ2n) is 5.12. The summed E-state index contributed by atoms with van der Waals surface area (Å²) in [7, 11) is 3.00. The van der Waals surface area contributed by atoms with Gasteiger partial charge in [-0.15, -0.1) is 0 Å². The standard InChI is InChI=1S/C17H14Cl2N2O4S/c1-23-14-7-15(24-2)12(6-10(14)19)20-16(22)8-26-17-21-11-5-9(18)3-4-13(11)25-17/h3-7H,8H2,1-2H3,(H,20,22). The van der Waals surface area contributed by atoms with E-state index in [-0.39, 0.29) is 11.7 Å². The predicted molar refractivity (Wildman–Crippen MR) is 103 cm³/mol. The molecule has 0 unspecified atom stereocenters. The third-order valence-electron chi connectivity index (χ3n) is 3.40. The average Bonchev–Trinajstić information content (AvgIpc) is 3.02. The molecule has 0 spiro atoms. The lowest BCUT2D eigenvalue weighted by Gasteiger charge is -2.12. The number of nitrogens with one attached hydrogen (secondary N) is 1. The smallest absolute Gasteiger partial charge is 0.257 e. The van der Waals surface area contributed by atoms with Gasteiger partial charge in [-0.05, 0) is 24.3 Å². The van der Waals surface area contributed by atoms with E-state index in [1.807, 2.05) is 0 Å². The number of nitrogens with zero attached hydrogens (tertiary/aromatic N) is 1. The van der Waals surface area contributed by atoms with Crippen LogP contribution in [0.1, 0.15) is 0 Å². The van der Waals surface area contributed by atoms with E-state index in [0.717, 1.165) is 0 Å². The van der Waals surface area contributed by atoms with Crippen molar-refractivity contribution in [2.45, 2.75) is 5.22 Å². The number of rotatable bonds is 6. The van der Waals surface area contributed by atoms with Crippen molar-refractivity contribution < 1.29 is 18.7 Å². The maximum Gasteiger partial charge on any atom is 0.257 e. The van der Waals surface area contributed by atoms with Gasteiger partial charge in [0.15, 0.2) is 5.58 Å². The number of fused-ring (bicyclic) bond motifs is 1. The van der Waals surface area contributed by atoms with E-state index in [1.165, 1.54) is 26.0 Å². The van der Waals surface area contributed by atoms with Gasteiger partial charge in [0, 0.05) is 11.1 Å². The molecule has 0 saturated carbocycles. The van der Waals surface area contributed by atoms with Crippen molar-refractivity contribution in [3.05, 3.63) is 40.4 Å². The average molecular weight is 413 g/mol. The topological polar surface area (TPSA) is 73.6 Å². The lowest BCUT2D eigenvalue weighted by molar-refractivity contribution is -0.113. The Kier molecular flexibility index (Phi) is 5.80. The highest BCUT2D eigenvalue weighted by Gasteiger charge is 2.14. The van der Waals surface area contributed by atoms with Crippen LogP contribution in [0, 0.1) is 0 Å². The van der Waals surface area contributed by atoms with Gasteiger partial charge in [0.1, 0.15) is 17.0 Å². The molecule has 9 heteroatoms. The minimum Gasteiger partial charge on any atom is -0.495 e. The van der Waals surface area contributed by atoms with Crippen LogP contribution in [-0.4, -0.2) is 30.9 Å². The Morgan fingerprint density at radius 1 is 1.19 bits per heavy atom. The van der Waals surface area contributed by atoms with Crippen LogP contribution in [0.15, 0.2) is 40.0 Å². The second-order valence-corrected chi connectivity index (χ2v) is 6.89. The van der Waals surface area contributed by atoms with Gasteiger partial charge in [0.2, 0.25) is 5.91 Å². The molecule has 136 valence electrons. The van der Waals surface area contributed by atoms with Crippen LogP contribution in [0.4, 0.5) is 5.69 Å². The summed E-state index contributed by atoms with van der Waals surface area (Å²) in [6.45, 7) is 0. The first-order valence-electron chi connectivity index (χ1n) is 7.40. The Hall–Kier alpha value is -2.09. The molecule has 3 rings (SSSR count). The first-order valence-corrected chi connectivity index (χ1v) is 9.14. The lowest BCUT2D eigenvalue weighted by Crippen LogP contribution is -2.14. The highest BCUT2D eigenvalue weighted by Crippen LogP contribution is 2.36. The number of ether oxygens (including phenoxy) is 2. The fourth-order valence-corrected chi connectivity index (χ4v) is 3.26. The maximum absolute atomic E-state index is 12.2. The summed E-state index contributed by atoms with van der Waals surface area (Å²) in [5.41, 5.74) is 1.71. The molecular formula is C17H14Cl2N2O4S. The van der Waals surface area contributed by atoms with Gasteiger partial charge in [0.05, 0.1) is 30.7 Å². The molecule has 0 bridgehead atoms. The molecule has 1 heterocycles. The number of halogens is 2. The number of carbonyl (C=O) groups is 1. The molecule has 0 aliphatic heterocycles. The number of methoxy groups -OCH3 is 2. The first-order chi connectivity index (χ1) is 12.5. The summed E-state index contributed by atoms with van der Waals surface area (Å²) in [6.07, 6.45) is 0. The van der Waals surface area contributed by atoms with Crippen LogP contribution in [0.5, 0.6) is 11.5 Å². The minimum atomic E-state index is -0.255. The molecule has 6 nitrogen and oxygen atoms in total. The van der Waals surface area contributed by atoms with Crippen molar-refractivity contribution in [3.8, 4) is 11.5 Å². The van der Waals surface area contributed by atoms with E-state index in [9.17, 15) is 4.79 Å². The molecule has 1 aromatic heterocycles. The number of benzene rings is 2. The Labute approximate surface area is 163 Å². The molecule has 0 aliphatic carbocycles. The Morgan fingerprint density at radius 2 is 1.96 bits per heavy atom. The third-order valence-corrected chi connectivity index (χ3v) is 4.76. The largest absolute Gasteiger partial charge is 0.495 e. The van der Waals surface area contributed by atoms with E-state index >= 15 is 0 Å². The maximum atomic E-state index is 12.2. The summed E-state index contributed by atoms with van der Waals surface area (Å²) in [6, 6.07) is 8.34. The Bertz CT molecular complexity index is 961. The van der Waals surface area contributed by atoms with E-state index in [2.05, 4.69) is 10.3 Å². The zero-order chi connectivity index (χ0) is 18.7. The highest BCUT2D eigenvalue weighted by molar-refractivity contribution is 7.99. The molecule has 1 amide bonds. The van der Waals surface area contributed by atoms with Crippen LogP contribution < -0.4 is 14.8 Å². The number of carbonyl (C=O) groups excluding carboxylic acids is 1. The third kappa shape index (κ3) is 4.17. The summed E-state index contributed by atoms with van der Waals surface area (Å²) < 4.78 is 16.0. The van der Waals surface area contributed by atoms with Gasteiger partial charge in [-0.1, -0.05) is 35.0 Å². The van der Waals surface area contributed by atoms with Crippen LogP contribution in [0.25, 0.3) is 11.1 Å². The lowest BCUT2D eigenvalue weighted by atomic mass is 10.2. The highest BCUT2D eigenvalue weighted by atomic mass is 35.5. The molecule has 0 atom stereocenters. The van der Waals surface area contributed by atoms with E-state index in [4.69, 9.17) is 37.1 Å². The quantitative estimate of drug-likeness (QED) is 0.581. The predicted octanol–water partition coefficient (Wildman–Crippen LogP) is 4.88. The number of hydrogen-bond acceptors (Lipinski definition) is 6. The number of thioether (sulfide) groups is 1. The summed E-state index contributed by atoms with van der Waals surface area (Å²) >= 11 is 13.2. The SMILES string of the molecule is COc1cc(OC)c(NC(=O)CSc2nc3cc(Cl)ccc3o2)cc1Cl. The summed E-state index contributed by atoms with van der Waals surface area (Å²) in [5.74, 6) is 0.754. The van der Waals surface area contributed by atoms with Crippen molar-refractivity contribution in [1.82, 2.24) is 4.98 Å². The Morgan fingerprint density at radius 3 is 2.69 bits per heavy atom. The molecule has 1 N–H and O–H groups in total. The molecule has 0 aliphatic rings. The zero-order valence-corrected chi connectivity index (χ0v) is 16.2. The molecule has 0 radical (unpaired) electrons. The van der Waals surface area contributed by atoms with Gasteiger partial charge in [0.25, 0.3) is 5.22 Å². The zero-order valence-electron chi connectivity index (χ0n) is 13.8. The van der Waals surface area contributed by atoms with Crippen LogP contribution in [-0.2, 0) is 4.79 Å². The summed E-state index contributed by atoms with van der Waals surface area (Å²) in [5, 5.41) is 4.08. The van der Waals surface area contributed by atoms with E-state index in [1.54, 1.807) is 30.3 Å². The van der Waals surface area contributed by atoms with Crippen molar-refractivity contribution in [2.75, 3.05) is 25.3 Å². The van der Waals surface area contributed by atoms with Gasteiger partial charge >= 0.3 is 0 Å². The number of hydrogen-bond donors (Lipinski definition) is 1. The van der Waals surface area contributed by atoms with Crippen LogP contribution in [0.2, 0.25) is 10.0 Å². The molecule has 0 saturated heterocycles. The van der Waals surface area contributed by atoms with Gasteiger partial charge < -0.3 is 19.2 Å². The van der Waals surface area contributed by atoms with E-state index < -0.39 is 0 Å². The Balaban J connectivity index is 1.67. The number of aromatic nitrogens is 1. The van der Waals surface area contributed by atoms with Gasteiger partial charge in [-0.25, -0.2) is 4.98 Å². The second kappa shape index (κ2) is 8.07. The van der Waals surface area contributed by atoms with Crippen molar-refractivity contribution in [2.24, 2.45) is 0 Å². The van der Waals surface area contributed by atoms with Crippen LogP contribution in [0.3, 0.4) is 0 Å². The van der Waals surface area contributed by atoms with Gasteiger partial charge in [-0.2, -0.15) is 0 Å². The fraction of sp³-hybridized carbons (Fsp3) is 0.176. The number of amides is 1. The summed E-state index contributed by atoms with van der Waals surface area (Å²) in [4.78, 5) is 16.5. The number of oxazole rings is 1. The van der Waals surface area contributed by atoms with Crippen LogP contribution >= 0.6 is 35.0 Å². The molecule has 26 heavy (non-hydrogen) atoms. The number of anilines is 1.